The molecule has 0 fully saturated rings. The van der Waals surface area contributed by atoms with Crippen LogP contribution in [0.15, 0.2) is 16.8 Å². The summed E-state index contributed by atoms with van der Waals surface area (Å²) >= 11 is 0.891. The predicted molar refractivity (Wildman–Crippen MR) is 80.0 cm³/mol. The Labute approximate surface area is 119 Å². The molecule has 0 spiro atoms. The molecule has 0 saturated heterocycles. The van der Waals surface area contributed by atoms with Gasteiger partial charge in [-0.25, -0.2) is 0 Å². The van der Waals surface area contributed by atoms with E-state index in [0.717, 1.165) is 15.3 Å². The Balaban J connectivity index is 2.66. The van der Waals surface area contributed by atoms with Gasteiger partial charge in [-0.2, -0.15) is 0 Å². The molecule has 2 nitrogen and oxygen atoms in total. The molecule has 0 aliphatic carbocycles. The summed E-state index contributed by atoms with van der Waals surface area (Å²) in [4.78, 5) is 8.84. The molecule has 0 N–H and O–H groups in total. The second-order valence-electron chi connectivity index (χ2n) is 4.99. The van der Waals surface area contributed by atoms with Crippen LogP contribution in [0.4, 0.5) is 0 Å². The van der Waals surface area contributed by atoms with Gasteiger partial charge in [0, 0.05) is 0 Å². The summed E-state index contributed by atoms with van der Waals surface area (Å²) in [5, 5.41) is 22.6. The molecule has 0 saturated carbocycles. The Morgan fingerprint density at radius 2 is 1.78 bits per heavy atom. The van der Waals surface area contributed by atoms with E-state index in [1.807, 2.05) is 11.4 Å². The molecule has 18 heavy (non-hydrogen) atoms. The molecule has 0 unspecified atom stereocenters. The maximum atomic E-state index is 9.43. The van der Waals surface area contributed by atoms with E-state index in [-0.39, 0.29) is 0 Å². The zero-order chi connectivity index (χ0) is 13.3. The maximum absolute atomic E-state index is 9.43. The van der Waals surface area contributed by atoms with Gasteiger partial charge >= 0.3 is 120 Å². The Kier molecular flexibility index (Phi) is 3.81. The number of nitriles is 2. The fraction of sp³-hybridized carbons (Fsp3) is 0.231. The summed E-state index contributed by atoms with van der Waals surface area (Å²) in [6.45, 7) is 0. The molecular weight excluding hydrogens is 367 g/mol. The third-order valence-corrected chi connectivity index (χ3v) is 11.1. The SMILES string of the molecule is [CH3][Sn]([CH3])([CH3])[c]1csc(-c2sccc2C#N)c1C#N. The van der Waals surface area contributed by atoms with Gasteiger partial charge in [0.2, 0.25) is 0 Å². The summed E-state index contributed by atoms with van der Waals surface area (Å²) in [7, 11) is 0. The van der Waals surface area contributed by atoms with Crippen LogP contribution in [-0.4, -0.2) is 18.4 Å². The summed E-state index contributed by atoms with van der Waals surface area (Å²) in [6, 6.07) is 6.37. The molecule has 2 heterocycles. The van der Waals surface area contributed by atoms with Crippen LogP contribution in [0.5, 0.6) is 0 Å². The van der Waals surface area contributed by atoms with Gasteiger partial charge in [0.25, 0.3) is 0 Å². The summed E-state index contributed by atoms with van der Waals surface area (Å²) in [5.41, 5.74) is 1.48. The van der Waals surface area contributed by atoms with Crippen molar-refractivity contribution in [3.63, 3.8) is 0 Å². The molecule has 2 aromatic heterocycles. The van der Waals surface area contributed by atoms with Gasteiger partial charge in [-0.05, 0) is 0 Å². The van der Waals surface area contributed by atoms with Crippen molar-refractivity contribution in [3.8, 4) is 21.9 Å². The van der Waals surface area contributed by atoms with Gasteiger partial charge in [0.1, 0.15) is 0 Å². The first-order valence-electron chi connectivity index (χ1n) is 5.49. The summed E-state index contributed by atoms with van der Waals surface area (Å²) in [6.07, 6.45) is 0. The van der Waals surface area contributed by atoms with Crippen molar-refractivity contribution in [2.45, 2.75) is 14.8 Å². The van der Waals surface area contributed by atoms with Crippen LogP contribution in [0.25, 0.3) is 9.75 Å². The van der Waals surface area contributed by atoms with Gasteiger partial charge in [-0.1, -0.05) is 0 Å². The van der Waals surface area contributed by atoms with Crippen molar-refractivity contribution in [1.82, 2.24) is 0 Å². The average molecular weight is 379 g/mol. The Bertz CT molecular complexity index is 662. The van der Waals surface area contributed by atoms with E-state index < -0.39 is 18.4 Å². The van der Waals surface area contributed by atoms with Gasteiger partial charge in [-0.15, -0.1) is 0 Å². The van der Waals surface area contributed by atoms with Crippen LogP contribution in [0.1, 0.15) is 11.1 Å². The number of hydrogen-bond donors (Lipinski definition) is 0. The molecule has 90 valence electrons. The van der Waals surface area contributed by atoms with Gasteiger partial charge in [-0.3, -0.25) is 0 Å². The van der Waals surface area contributed by atoms with Crippen LogP contribution in [0.3, 0.4) is 0 Å². The van der Waals surface area contributed by atoms with E-state index in [1.54, 1.807) is 22.7 Å². The van der Waals surface area contributed by atoms with Crippen LogP contribution in [0, 0.1) is 22.7 Å². The molecule has 0 radical (unpaired) electrons. The van der Waals surface area contributed by atoms with Crippen LogP contribution >= 0.6 is 22.7 Å². The number of thiophene rings is 2. The zero-order valence-electron chi connectivity index (χ0n) is 10.4. The Morgan fingerprint density at radius 1 is 1.06 bits per heavy atom. The number of hydrogen-bond acceptors (Lipinski definition) is 4. The minimum atomic E-state index is -2.25. The standard InChI is InChI=1S/C10H3N2S2.3CH3.Sn/c11-5-7-1-3-13-9(7)10-8(6-12)2-4-14-10;;;;/h1,3-4H;3*1H3;. The van der Waals surface area contributed by atoms with Crippen molar-refractivity contribution in [3.05, 3.63) is 28.0 Å². The van der Waals surface area contributed by atoms with Gasteiger partial charge in [0.05, 0.1) is 0 Å². The zero-order valence-corrected chi connectivity index (χ0v) is 14.9. The third kappa shape index (κ3) is 2.33. The second-order valence-corrected chi connectivity index (χ2v) is 21.2. The molecule has 0 amide bonds. The molecule has 0 aliphatic heterocycles. The van der Waals surface area contributed by atoms with E-state index in [1.165, 1.54) is 3.58 Å². The predicted octanol–water partition coefficient (Wildman–Crippen LogP) is 3.77. The van der Waals surface area contributed by atoms with Gasteiger partial charge < -0.3 is 0 Å². The van der Waals surface area contributed by atoms with Gasteiger partial charge in [0.15, 0.2) is 0 Å². The minimum absolute atomic E-state index is 0.675. The molecule has 2 rings (SSSR count). The van der Waals surface area contributed by atoms with E-state index in [2.05, 4.69) is 32.3 Å². The van der Waals surface area contributed by atoms with E-state index >= 15 is 0 Å². The number of rotatable bonds is 2. The Morgan fingerprint density at radius 3 is 2.33 bits per heavy atom. The first kappa shape index (κ1) is 13.6. The fourth-order valence-corrected chi connectivity index (χ4v) is 10.5. The molecule has 0 bridgehead atoms. The summed E-state index contributed by atoms with van der Waals surface area (Å²) in [5.74, 6) is 0. The van der Waals surface area contributed by atoms with Crippen molar-refractivity contribution >= 4 is 44.6 Å². The quantitative estimate of drug-likeness (QED) is 0.746. The fourth-order valence-electron chi connectivity index (χ4n) is 1.76. The van der Waals surface area contributed by atoms with Crippen LogP contribution in [-0.2, 0) is 0 Å². The van der Waals surface area contributed by atoms with Crippen molar-refractivity contribution in [1.29, 1.82) is 10.5 Å². The van der Waals surface area contributed by atoms with E-state index in [9.17, 15) is 5.26 Å². The van der Waals surface area contributed by atoms with Crippen molar-refractivity contribution < 1.29 is 0 Å². The molecule has 2 aromatic rings. The average Bonchev–Trinajstić information content (AvgIpc) is 2.93. The molecule has 0 aromatic carbocycles. The summed E-state index contributed by atoms with van der Waals surface area (Å²) < 4.78 is 1.27. The van der Waals surface area contributed by atoms with Crippen molar-refractivity contribution in [2.24, 2.45) is 0 Å². The van der Waals surface area contributed by atoms with E-state index in [0.29, 0.717) is 5.56 Å². The van der Waals surface area contributed by atoms with Crippen LogP contribution < -0.4 is 3.58 Å². The third-order valence-electron chi connectivity index (χ3n) is 2.70. The second kappa shape index (κ2) is 5.05. The monoisotopic (exact) mass is 380 g/mol. The molecule has 0 atom stereocenters. The normalized spacial score (nSPS) is 10.9. The number of nitrogens with zero attached hydrogens (tertiary/aromatic N) is 2. The van der Waals surface area contributed by atoms with Crippen LogP contribution in [0.2, 0.25) is 14.8 Å². The first-order chi connectivity index (χ1) is 8.49. The molecule has 5 heteroatoms. The first-order valence-corrected chi connectivity index (χ1v) is 17.2. The molecule has 0 aliphatic rings. The van der Waals surface area contributed by atoms with Crippen molar-refractivity contribution in [2.75, 3.05) is 0 Å². The topological polar surface area (TPSA) is 47.6 Å². The molecular formula is C13H12N2S2Sn. The Hall–Kier alpha value is -0.821. The van der Waals surface area contributed by atoms with E-state index in [4.69, 9.17) is 5.26 Å².